The third-order valence-electron chi connectivity index (χ3n) is 2.21. The number of aliphatic hydroxyl groups is 1. The van der Waals surface area contributed by atoms with Crippen LogP contribution in [0.3, 0.4) is 0 Å². The van der Waals surface area contributed by atoms with Crippen molar-refractivity contribution in [1.29, 1.82) is 5.26 Å². The van der Waals surface area contributed by atoms with Crippen molar-refractivity contribution >= 4 is 21.6 Å². The fourth-order valence-electron chi connectivity index (χ4n) is 1.10. The van der Waals surface area contributed by atoms with Crippen molar-refractivity contribution in [3.63, 3.8) is 0 Å². The largest absolute Gasteiger partial charge is 0.391 e. The number of nitriles is 1. The van der Waals surface area contributed by atoms with Gasteiger partial charge in [-0.1, -0.05) is 15.9 Å². The highest BCUT2D eigenvalue weighted by atomic mass is 79.9. The van der Waals surface area contributed by atoms with E-state index in [9.17, 15) is 5.11 Å². The predicted octanol–water partition coefficient (Wildman–Crippen LogP) is 2.50. The second-order valence-corrected chi connectivity index (χ2v) is 4.39. The SMILES string of the molecule is CC(O)C(C)Nc1cc(Br)ccc1C#N. The number of nitrogens with zero attached hydrogens (tertiary/aromatic N) is 1. The quantitative estimate of drug-likeness (QED) is 0.886. The lowest BCUT2D eigenvalue weighted by molar-refractivity contribution is 0.178. The molecule has 0 radical (unpaired) electrons. The monoisotopic (exact) mass is 268 g/mol. The minimum absolute atomic E-state index is 0.0913. The van der Waals surface area contributed by atoms with Crippen molar-refractivity contribution in [2.45, 2.75) is 26.0 Å². The molecule has 0 spiro atoms. The van der Waals surface area contributed by atoms with E-state index in [4.69, 9.17) is 5.26 Å². The van der Waals surface area contributed by atoms with Gasteiger partial charge in [-0.3, -0.25) is 0 Å². The van der Waals surface area contributed by atoms with Crippen LogP contribution in [-0.4, -0.2) is 17.3 Å². The molecule has 80 valence electrons. The third-order valence-corrected chi connectivity index (χ3v) is 2.70. The van der Waals surface area contributed by atoms with Gasteiger partial charge in [0, 0.05) is 10.5 Å². The number of aliphatic hydroxyl groups excluding tert-OH is 1. The maximum atomic E-state index is 9.36. The lowest BCUT2D eigenvalue weighted by atomic mass is 10.1. The molecule has 4 heteroatoms. The maximum absolute atomic E-state index is 9.36. The van der Waals surface area contributed by atoms with E-state index in [1.54, 1.807) is 13.0 Å². The molecule has 1 rings (SSSR count). The Morgan fingerprint density at radius 3 is 2.67 bits per heavy atom. The van der Waals surface area contributed by atoms with Gasteiger partial charge >= 0.3 is 0 Å². The van der Waals surface area contributed by atoms with E-state index < -0.39 is 6.10 Å². The predicted molar refractivity (Wildman–Crippen MR) is 63.6 cm³/mol. The van der Waals surface area contributed by atoms with Crippen LogP contribution in [0.4, 0.5) is 5.69 Å². The van der Waals surface area contributed by atoms with E-state index in [1.807, 2.05) is 19.1 Å². The number of hydrogen-bond donors (Lipinski definition) is 2. The number of nitrogens with one attached hydrogen (secondary N) is 1. The molecule has 2 N–H and O–H groups in total. The van der Waals surface area contributed by atoms with Crippen molar-refractivity contribution in [1.82, 2.24) is 0 Å². The fourth-order valence-corrected chi connectivity index (χ4v) is 1.46. The Kier molecular flexibility index (Phi) is 4.13. The van der Waals surface area contributed by atoms with Gasteiger partial charge in [0.2, 0.25) is 0 Å². The summed E-state index contributed by atoms with van der Waals surface area (Å²) >= 11 is 3.34. The number of halogens is 1. The van der Waals surface area contributed by atoms with Crippen LogP contribution in [0.25, 0.3) is 0 Å². The lowest BCUT2D eigenvalue weighted by Crippen LogP contribution is -2.28. The summed E-state index contributed by atoms with van der Waals surface area (Å²) in [6.07, 6.45) is -0.462. The average Bonchev–Trinajstić information content (AvgIpc) is 2.18. The molecule has 0 aliphatic carbocycles. The Bertz CT molecular complexity index is 385. The van der Waals surface area contributed by atoms with Crippen LogP contribution in [0.15, 0.2) is 22.7 Å². The average molecular weight is 269 g/mol. The first-order chi connectivity index (χ1) is 7.04. The van der Waals surface area contributed by atoms with Crippen molar-refractivity contribution in [2.24, 2.45) is 0 Å². The van der Waals surface area contributed by atoms with E-state index in [0.29, 0.717) is 5.56 Å². The first-order valence-corrected chi connectivity index (χ1v) is 5.48. The highest BCUT2D eigenvalue weighted by molar-refractivity contribution is 9.10. The highest BCUT2D eigenvalue weighted by Crippen LogP contribution is 2.21. The van der Waals surface area contributed by atoms with Gasteiger partial charge in [0.15, 0.2) is 0 Å². The molecule has 1 aromatic rings. The number of anilines is 1. The van der Waals surface area contributed by atoms with Crippen LogP contribution in [-0.2, 0) is 0 Å². The zero-order valence-corrected chi connectivity index (χ0v) is 10.2. The Morgan fingerprint density at radius 2 is 2.13 bits per heavy atom. The summed E-state index contributed by atoms with van der Waals surface area (Å²) in [6, 6.07) is 7.40. The standard InChI is InChI=1S/C11H13BrN2O/c1-7(8(2)15)14-11-5-10(12)4-3-9(11)6-13/h3-5,7-8,14-15H,1-2H3. The molecule has 0 aliphatic rings. The van der Waals surface area contributed by atoms with E-state index in [-0.39, 0.29) is 6.04 Å². The molecular formula is C11H13BrN2O. The molecule has 1 aromatic carbocycles. The summed E-state index contributed by atoms with van der Waals surface area (Å²) in [4.78, 5) is 0. The molecule has 0 aliphatic heterocycles. The van der Waals surface area contributed by atoms with Crippen LogP contribution in [0, 0.1) is 11.3 Å². The topological polar surface area (TPSA) is 56.0 Å². The van der Waals surface area contributed by atoms with Gasteiger partial charge in [-0.2, -0.15) is 5.26 Å². The van der Waals surface area contributed by atoms with Crippen LogP contribution < -0.4 is 5.32 Å². The van der Waals surface area contributed by atoms with Crippen molar-refractivity contribution < 1.29 is 5.11 Å². The van der Waals surface area contributed by atoms with Gasteiger partial charge in [-0.25, -0.2) is 0 Å². The van der Waals surface area contributed by atoms with E-state index in [1.165, 1.54) is 0 Å². The molecule has 0 fully saturated rings. The zero-order chi connectivity index (χ0) is 11.4. The second kappa shape index (κ2) is 5.15. The summed E-state index contributed by atoms with van der Waals surface area (Å²) in [6.45, 7) is 3.58. The van der Waals surface area contributed by atoms with Gasteiger partial charge in [0.25, 0.3) is 0 Å². The normalized spacial score (nSPS) is 14.1. The van der Waals surface area contributed by atoms with Gasteiger partial charge in [-0.15, -0.1) is 0 Å². The fraction of sp³-hybridized carbons (Fsp3) is 0.364. The minimum Gasteiger partial charge on any atom is -0.391 e. The van der Waals surface area contributed by atoms with E-state index in [2.05, 4.69) is 27.3 Å². The number of benzene rings is 1. The number of rotatable bonds is 3. The molecule has 0 heterocycles. The van der Waals surface area contributed by atoms with E-state index in [0.717, 1.165) is 10.2 Å². The van der Waals surface area contributed by atoms with Crippen molar-refractivity contribution in [2.75, 3.05) is 5.32 Å². The minimum atomic E-state index is -0.462. The Balaban J connectivity index is 2.93. The molecular weight excluding hydrogens is 256 g/mol. The van der Waals surface area contributed by atoms with Gasteiger partial charge in [0.05, 0.1) is 17.4 Å². The molecule has 0 bridgehead atoms. The third kappa shape index (κ3) is 3.22. The molecule has 0 saturated carbocycles. The molecule has 2 unspecified atom stereocenters. The summed E-state index contributed by atoms with van der Waals surface area (Å²) < 4.78 is 0.904. The van der Waals surface area contributed by atoms with Crippen LogP contribution in [0.5, 0.6) is 0 Å². The Morgan fingerprint density at radius 1 is 1.47 bits per heavy atom. The Labute approximate surface area is 97.9 Å². The maximum Gasteiger partial charge on any atom is 0.101 e. The van der Waals surface area contributed by atoms with Gasteiger partial charge < -0.3 is 10.4 Å². The van der Waals surface area contributed by atoms with Crippen LogP contribution >= 0.6 is 15.9 Å². The second-order valence-electron chi connectivity index (χ2n) is 3.48. The molecule has 0 saturated heterocycles. The smallest absolute Gasteiger partial charge is 0.101 e. The Hall–Kier alpha value is -1.05. The van der Waals surface area contributed by atoms with Gasteiger partial charge in [-0.05, 0) is 32.0 Å². The summed E-state index contributed by atoms with van der Waals surface area (Å²) in [5.41, 5.74) is 1.31. The molecule has 0 amide bonds. The molecule has 2 atom stereocenters. The van der Waals surface area contributed by atoms with Crippen molar-refractivity contribution in [3.05, 3.63) is 28.2 Å². The van der Waals surface area contributed by atoms with Gasteiger partial charge in [0.1, 0.15) is 6.07 Å². The first-order valence-electron chi connectivity index (χ1n) is 4.69. The van der Waals surface area contributed by atoms with Crippen molar-refractivity contribution in [3.8, 4) is 6.07 Å². The summed E-state index contributed by atoms with van der Waals surface area (Å²) in [7, 11) is 0. The lowest BCUT2D eigenvalue weighted by Gasteiger charge is -2.18. The molecule has 3 nitrogen and oxygen atoms in total. The first kappa shape index (κ1) is 12.0. The number of hydrogen-bond acceptors (Lipinski definition) is 3. The molecule has 15 heavy (non-hydrogen) atoms. The summed E-state index contributed by atoms with van der Waals surface area (Å²) in [5, 5.41) is 21.4. The highest BCUT2D eigenvalue weighted by Gasteiger charge is 2.10. The van der Waals surface area contributed by atoms with Crippen LogP contribution in [0.1, 0.15) is 19.4 Å². The summed E-state index contributed by atoms with van der Waals surface area (Å²) in [5.74, 6) is 0. The zero-order valence-electron chi connectivity index (χ0n) is 8.66. The van der Waals surface area contributed by atoms with Crippen LogP contribution in [0.2, 0.25) is 0 Å². The molecule has 0 aromatic heterocycles. The van der Waals surface area contributed by atoms with E-state index >= 15 is 0 Å².